The van der Waals surface area contributed by atoms with Gasteiger partial charge in [-0.25, -0.2) is 4.79 Å². The van der Waals surface area contributed by atoms with E-state index in [1.807, 2.05) is 0 Å². The van der Waals surface area contributed by atoms with E-state index in [1.54, 1.807) is 36.4 Å². The van der Waals surface area contributed by atoms with Gasteiger partial charge in [-0.05, 0) is 43.3 Å². The molecule has 10 nitrogen and oxygen atoms in total. The van der Waals surface area contributed by atoms with E-state index in [-0.39, 0.29) is 33.8 Å². The molecular weight excluding hydrogens is 462 g/mol. The molecule has 0 radical (unpaired) electrons. The molecule has 3 aromatic rings. The number of ketones is 1. The number of carbonyl (C=O) groups excluding carboxylic acids is 2. The lowest BCUT2D eigenvalue weighted by Crippen LogP contribution is -2.18. The number of Topliss-reactive ketones (excluding diaryl/α,β-unsaturated/α-hetero) is 1. The Morgan fingerprint density at radius 3 is 2.00 bits per heavy atom. The number of nitro benzene ring substituents is 2. The van der Waals surface area contributed by atoms with Crippen molar-refractivity contribution < 1.29 is 24.3 Å². The summed E-state index contributed by atoms with van der Waals surface area (Å²) in [5.74, 6) is -1.33. The van der Waals surface area contributed by atoms with E-state index in [1.165, 1.54) is 49.0 Å². The van der Waals surface area contributed by atoms with Crippen molar-refractivity contribution in [2.24, 2.45) is 5.16 Å². The minimum Gasteiger partial charge on any atom is -0.318 e. The van der Waals surface area contributed by atoms with Crippen LogP contribution in [-0.4, -0.2) is 27.3 Å². The van der Waals surface area contributed by atoms with E-state index in [4.69, 9.17) is 4.84 Å². The minimum absolute atomic E-state index is 0.0127. The molecule has 172 valence electrons. The first-order valence-electron chi connectivity index (χ1n) is 9.74. The third-order valence-electron chi connectivity index (χ3n) is 4.64. The van der Waals surface area contributed by atoms with Crippen LogP contribution in [0.2, 0.25) is 0 Å². The van der Waals surface area contributed by atoms with Crippen LogP contribution in [0.25, 0.3) is 0 Å². The number of hydrogen-bond acceptors (Lipinski definition) is 9. The first-order chi connectivity index (χ1) is 16.2. The lowest BCUT2D eigenvalue weighted by molar-refractivity contribution is -0.385. The molecule has 0 heterocycles. The number of carbonyl (C=O) groups is 2. The Balaban J connectivity index is 1.89. The lowest BCUT2D eigenvalue weighted by Gasteiger charge is -2.09. The van der Waals surface area contributed by atoms with Gasteiger partial charge >= 0.3 is 5.97 Å². The van der Waals surface area contributed by atoms with E-state index >= 15 is 0 Å². The molecule has 11 heteroatoms. The number of nitro groups is 2. The summed E-state index contributed by atoms with van der Waals surface area (Å²) in [6, 6.07) is 16.7. The normalized spacial score (nSPS) is 11.1. The Bertz CT molecular complexity index is 1300. The van der Waals surface area contributed by atoms with Gasteiger partial charge in [-0.15, -0.1) is 0 Å². The molecule has 0 aliphatic carbocycles. The molecule has 0 aliphatic rings. The van der Waals surface area contributed by atoms with Gasteiger partial charge in [0.15, 0.2) is 5.71 Å². The summed E-state index contributed by atoms with van der Waals surface area (Å²) in [7, 11) is 0. The molecule has 34 heavy (non-hydrogen) atoms. The molecule has 0 spiro atoms. The second kappa shape index (κ2) is 10.5. The molecule has 0 bridgehead atoms. The predicted octanol–water partition coefficient (Wildman–Crippen LogP) is 5.11. The molecule has 0 atom stereocenters. The van der Waals surface area contributed by atoms with E-state index in [0.717, 1.165) is 16.7 Å². The van der Waals surface area contributed by atoms with Crippen molar-refractivity contribution in [1.29, 1.82) is 0 Å². The van der Waals surface area contributed by atoms with E-state index in [9.17, 15) is 29.8 Å². The number of benzene rings is 3. The first-order valence-corrected chi connectivity index (χ1v) is 10.6. The topological polar surface area (TPSA) is 142 Å². The summed E-state index contributed by atoms with van der Waals surface area (Å²) in [5.41, 5.74) is 0.149. The summed E-state index contributed by atoms with van der Waals surface area (Å²) >= 11 is 1.35. The zero-order chi connectivity index (χ0) is 24.8. The van der Waals surface area contributed by atoms with Gasteiger partial charge in [0.05, 0.1) is 9.85 Å². The van der Waals surface area contributed by atoms with Crippen LogP contribution in [-0.2, 0) is 9.63 Å². The molecular formula is C23H17N3O7S. The average Bonchev–Trinajstić information content (AvgIpc) is 2.80. The number of nitrogens with zero attached hydrogens (tertiary/aromatic N) is 3. The zero-order valence-electron chi connectivity index (χ0n) is 18.0. The highest BCUT2D eigenvalue weighted by atomic mass is 32.2. The molecule has 0 saturated heterocycles. The smallest absolute Gasteiger partial charge is 0.318 e. The minimum atomic E-state index is -0.747. The molecule has 0 aromatic heterocycles. The summed E-state index contributed by atoms with van der Waals surface area (Å²) in [6.45, 7) is 2.60. The molecule has 0 amide bonds. The van der Waals surface area contributed by atoms with Crippen LogP contribution < -0.4 is 0 Å². The fourth-order valence-corrected chi connectivity index (χ4v) is 3.80. The van der Waals surface area contributed by atoms with Crippen LogP contribution in [0.4, 0.5) is 11.4 Å². The van der Waals surface area contributed by atoms with Crippen LogP contribution in [0.1, 0.15) is 28.4 Å². The van der Waals surface area contributed by atoms with Gasteiger partial charge in [-0.1, -0.05) is 29.1 Å². The lowest BCUT2D eigenvalue weighted by atomic mass is 9.96. The van der Waals surface area contributed by atoms with Crippen LogP contribution in [0.15, 0.2) is 81.7 Å². The standard InChI is InChI=1S/C23H17N3O7S/c1-14-20(4-3-5-21(14)26(31)32)22(24-33-15(2)27)23(28)16-6-10-18(11-7-16)34-19-12-8-17(9-13-19)25(29)30/h3-13H,1-2H3. The molecule has 3 rings (SSSR count). The largest absolute Gasteiger partial charge is 0.332 e. The Morgan fingerprint density at radius 1 is 0.882 bits per heavy atom. The zero-order valence-corrected chi connectivity index (χ0v) is 18.8. The van der Waals surface area contributed by atoms with Gasteiger partial charge in [0.25, 0.3) is 11.4 Å². The summed E-state index contributed by atoms with van der Waals surface area (Å²) in [4.78, 5) is 51.8. The second-order valence-electron chi connectivity index (χ2n) is 6.94. The maximum absolute atomic E-state index is 13.2. The molecule has 0 unspecified atom stereocenters. The highest BCUT2D eigenvalue weighted by molar-refractivity contribution is 7.99. The summed E-state index contributed by atoms with van der Waals surface area (Å²) in [5, 5.41) is 25.8. The van der Waals surface area contributed by atoms with E-state index < -0.39 is 21.6 Å². The van der Waals surface area contributed by atoms with Crippen molar-refractivity contribution in [2.75, 3.05) is 0 Å². The van der Waals surface area contributed by atoms with Crippen molar-refractivity contribution in [3.05, 3.63) is 104 Å². The number of hydrogen-bond donors (Lipinski definition) is 0. The van der Waals surface area contributed by atoms with E-state index in [2.05, 4.69) is 5.16 Å². The SMILES string of the molecule is CC(=O)ON=C(C(=O)c1ccc(Sc2ccc([N+](=O)[O-])cc2)cc1)c1cccc([N+](=O)[O-])c1C. The van der Waals surface area contributed by atoms with Crippen LogP contribution in [0.3, 0.4) is 0 Å². The maximum Gasteiger partial charge on any atom is 0.332 e. The van der Waals surface area contributed by atoms with Crippen molar-refractivity contribution in [2.45, 2.75) is 23.6 Å². The van der Waals surface area contributed by atoms with Gasteiger partial charge in [-0.3, -0.25) is 25.0 Å². The fourth-order valence-electron chi connectivity index (χ4n) is 2.98. The van der Waals surface area contributed by atoms with Crippen molar-refractivity contribution in [1.82, 2.24) is 0 Å². The van der Waals surface area contributed by atoms with Crippen molar-refractivity contribution in [3.8, 4) is 0 Å². The average molecular weight is 479 g/mol. The third-order valence-corrected chi connectivity index (χ3v) is 5.65. The Morgan fingerprint density at radius 2 is 1.47 bits per heavy atom. The molecule has 0 fully saturated rings. The van der Waals surface area contributed by atoms with Crippen LogP contribution in [0, 0.1) is 27.2 Å². The number of rotatable bonds is 8. The van der Waals surface area contributed by atoms with Crippen molar-refractivity contribution in [3.63, 3.8) is 0 Å². The third kappa shape index (κ3) is 5.70. The maximum atomic E-state index is 13.2. The Kier molecular flexibility index (Phi) is 7.49. The molecule has 0 saturated carbocycles. The van der Waals surface area contributed by atoms with Crippen LogP contribution >= 0.6 is 11.8 Å². The summed E-state index contributed by atoms with van der Waals surface area (Å²) in [6.07, 6.45) is 0. The summed E-state index contributed by atoms with van der Waals surface area (Å²) < 4.78 is 0. The second-order valence-corrected chi connectivity index (χ2v) is 8.08. The van der Waals surface area contributed by atoms with Crippen molar-refractivity contribution >= 4 is 40.6 Å². The van der Waals surface area contributed by atoms with Gasteiger partial charge in [0.2, 0.25) is 5.78 Å². The van der Waals surface area contributed by atoms with Gasteiger partial charge < -0.3 is 4.84 Å². The number of non-ortho nitro benzene ring substituents is 1. The Labute approximate surface area is 197 Å². The van der Waals surface area contributed by atoms with Gasteiger partial charge in [-0.2, -0.15) is 0 Å². The van der Waals surface area contributed by atoms with Gasteiger partial charge in [0, 0.05) is 51.6 Å². The molecule has 3 aromatic carbocycles. The molecule has 0 aliphatic heterocycles. The monoisotopic (exact) mass is 479 g/mol. The van der Waals surface area contributed by atoms with E-state index in [0.29, 0.717) is 0 Å². The highest BCUT2D eigenvalue weighted by Crippen LogP contribution is 2.30. The molecule has 0 N–H and O–H groups in total. The first kappa shape index (κ1) is 24.3. The quantitative estimate of drug-likeness (QED) is 0.143. The van der Waals surface area contributed by atoms with Gasteiger partial charge in [0.1, 0.15) is 0 Å². The fraction of sp³-hybridized carbons (Fsp3) is 0.0870. The van der Waals surface area contributed by atoms with Crippen LogP contribution in [0.5, 0.6) is 0 Å². The Hall–Kier alpha value is -4.38. The highest BCUT2D eigenvalue weighted by Gasteiger charge is 2.24. The number of oxime groups is 1. The predicted molar refractivity (Wildman–Crippen MR) is 124 cm³/mol.